The topological polar surface area (TPSA) is 51.0 Å². The van der Waals surface area contributed by atoms with Gasteiger partial charge < -0.3 is 9.84 Å². The van der Waals surface area contributed by atoms with Gasteiger partial charge in [-0.1, -0.05) is 30.8 Å². The molecule has 4 heteroatoms. The summed E-state index contributed by atoms with van der Waals surface area (Å²) in [5, 5.41) is 7.73. The summed E-state index contributed by atoms with van der Waals surface area (Å²) in [6.07, 6.45) is 12.1. The highest BCUT2D eigenvalue weighted by atomic mass is 16.5. The zero-order valence-electron chi connectivity index (χ0n) is 12.9. The van der Waals surface area contributed by atoms with Gasteiger partial charge in [0.05, 0.1) is 0 Å². The largest absolute Gasteiger partial charge is 0.339 e. The summed E-state index contributed by atoms with van der Waals surface area (Å²) in [4.78, 5) is 4.78. The lowest BCUT2D eigenvalue weighted by molar-refractivity contribution is 0.142. The van der Waals surface area contributed by atoms with E-state index >= 15 is 0 Å². The van der Waals surface area contributed by atoms with Crippen molar-refractivity contribution in [1.29, 1.82) is 0 Å². The van der Waals surface area contributed by atoms with E-state index in [-0.39, 0.29) is 0 Å². The number of fused-ring (bicyclic) bond motifs is 1. The Labute approximate surface area is 127 Å². The molecule has 0 spiro atoms. The number of nitrogens with one attached hydrogen (secondary N) is 1. The van der Waals surface area contributed by atoms with Crippen molar-refractivity contribution in [2.24, 2.45) is 11.8 Å². The van der Waals surface area contributed by atoms with E-state index in [1.807, 2.05) is 0 Å². The zero-order chi connectivity index (χ0) is 14.1. The Hall–Kier alpha value is -0.900. The lowest BCUT2D eigenvalue weighted by atomic mass is 9.67. The molecule has 116 valence electrons. The molecule has 1 N–H and O–H groups in total. The molecule has 0 bridgehead atoms. The molecule has 1 aliphatic heterocycles. The smallest absolute Gasteiger partial charge is 0.229 e. The monoisotopic (exact) mass is 289 g/mol. The summed E-state index contributed by atoms with van der Waals surface area (Å²) in [6.45, 7) is 2.14. The van der Waals surface area contributed by atoms with E-state index in [0.29, 0.717) is 11.8 Å². The average Bonchev–Trinajstić information content (AvgIpc) is 3.05. The summed E-state index contributed by atoms with van der Waals surface area (Å²) in [7, 11) is 0. The summed E-state index contributed by atoms with van der Waals surface area (Å²) in [5.41, 5.74) is 0. The second kappa shape index (κ2) is 6.07. The molecular weight excluding hydrogens is 262 g/mol. The molecule has 2 heterocycles. The van der Waals surface area contributed by atoms with Crippen LogP contribution in [0, 0.1) is 11.8 Å². The summed E-state index contributed by atoms with van der Waals surface area (Å²) in [5.74, 6) is 4.77. The fraction of sp³-hybridized carbons (Fsp3) is 0.882. The van der Waals surface area contributed by atoms with Crippen LogP contribution in [0.2, 0.25) is 0 Å². The first-order chi connectivity index (χ1) is 10.4. The fourth-order valence-corrected chi connectivity index (χ4v) is 4.75. The van der Waals surface area contributed by atoms with E-state index in [0.717, 1.165) is 36.6 Å². The van der Waals surface area contributed by atoms with Gasteiger partial charge in [-0.15, -0.1) is 0 Å². The van der Waals surface area contributed by atoms with Crippen molar-refractivity contribution in [3.8, 4) is 0 Å². The van der Waals surface area contributed by atoms with Crippen LogP contribution in [-0.4, -0.2) is 23.2 Å². The summed E-state index contributed by atoms with van der Waals surface area (Å²) in [6, 6.07) is 0. The SMILES string of the molecule is C1CNCC(c2noc(C3CCC4CCCCC4C3)n2)C1. The molecule has 0 radical (unpaired) electrons. The van der Waals surface area contributed by atoms with Crippen LogP contribution in [-0.2, 0) is 0 Å². The maximum atomic E-state index is 5.65. The number of aromatic nitrogens is 2. The molecule has 1 aromatic heterocycles. The lowest BCUT2D eigenvalue weighted by Gasteiger charge is -2.38. The second-order valence-corrected chi connectivity index (χ2v) is 7.35. The van der Waals surface area contributed by atoms with Crippen LogP contribution in [0.3, 0.4) is 0 Å². The van der Waals surface area contributed by atoms with E-state index in [1.165, 1.54) is 57.8 Å². The third-order valence-corrected chi connectivity index (χ3v) is 6.01. The minimum atomic E-state index is 0.460. The predicted molar refractivity (Wildman–Crippen MR) is 81.2 cm³/mol. The van der Waals surface area contributed by atoms with Gasteiger partial charge in [0.15, 0.2) is 5.82 Å². The molecule has 0 aromatic carbocycles. The molecule has 2 aliphatic carbocycles. The molecule has 1 aromatic rings. The van der Waals surface area contributed by atoms with Crippen LogP contribution < -0.4 is 5.32 Å². The molecule has 2 saturated carbocycles. The first kappa shape index (κ1) is 13.7. The third kappa shape index (κ3) is 2.87. The van der Waals surface area contributed by atoms with Crippen LogP contribution >= 0.6 is 0 Å². The normalized spacial score (nSPS) is 37.1. The molecule has 4 rings (SSSR count). The van der Waals surface area contributed by atoms with E-state index in [2.05, 4.69) is 10.5 Å². The first-order valence-corrected chi connectivity index (χ1v) is 8.94. The van der Waals surface area contributed by atoms with Gasteiger partial charge in [-0.05, 0) is 50.5 Å². The number of nitrogens with zero attached hydrogens (tertiary/aromatic N) is 2. The van der Waals surface area contributed by atoms with Gasteiger partial charge in [0.25, 0.3) is 0 Å². The Morgan fingerprint density at radius 1 is 0.905 bits per heavy atom. The van der Waals surface area contributed by atoms with Crippen molar-refractivity contribution in [1.82, 2.24) is 15.5 Å². The highest BCUT2D eigenvalue weighted by molar-refractivity contribution is 5.03. The van der Waals surface area contributed by atoms with Gasteiger partial charge in [-0.3, -0.25) is 0 Å². The van der Waals surface area contributed by atoms with E-state index in [9.17, 15) is 0 Å². The van der Waals surface area contributed by atoms with Gasteiger partial charge >= 0.3 is 0 Å². The molecule has 3 aliphatic rings. The zero-order valence-corrected chi connectivity index (χ0v) is 12.9. The summed E-state index contributed by atoms with van der Waals surface area (Å²) < 4.78 is 5.65. The minimum absolute atomic E-state index is 0.460. The molecule has 1 saturated heterocycles. The first-order valence-electron chi connectivity index (χ1n) is 8.94. The van der Waals surface area contributed by atoms with Gasteiger partial charge in [0, 0.05) is 18.4 Å². The molecule has 21 heavy (non-hydrogen) atoms. The van der Waals surface area contributed by atoms with Crippen LogP contribution in [0.1, 0.15) is 81.3 Å². The van der Waals surface area contributed by atoms with Crippen molar-refractivity contribution in [3.05, 3.63) is 11.7 Å². The lowest BCUT2D eigenvalue weighted by Crippen LogP contribution is -2.29. The third-order valence-electron chi connectivity index (χ3n) is 6.01. The van der Waals surface area contributed by atoms with Gasteiger partial charge in [-0.25, -0.2) is 0 Å². The van der Waals surface area contributed by atoms with Gasteiger partial charge in [-0.2, -0.15) is 4.98 Å². The van der Waals surface area contributed by atoms with Crippen molar-refractivity contribution in [2.45, 2.75) is 69.6 Å². The Morgan fingerprint density at radius 3 is 2.67 bits per heavy atom. The van der Waals surface area contributed by atoms with Crippen LogP contribution in [0.4, 0.5) is 0 Å². The fourth-order valence-electron chi connectivity index (χ4n) is 4.75. The summed E-state index contributed by atoms with van der Waals surface area (Å²) >= 11 is 0. The molecule has 4 nitrogen and oxygen atoms in total. The molecule has 4 atom stereocenters. The van der Waals surface area contributed by atoms with Gasteiger partial charge in [0.2, 0.25) is 5.89 Å². The number of rotatable bonds is 2. The van der Waals surface area contributed by atoms with Crippen LogP contribution in [0.5, 0.6) is 0 Å². The number of hydrogen-bond donors (Lipinski definition) is 1. The Morgan fingerprint density at radius 2 is 1.81 bits per heavy atom. The predicted octanol–water partition coefficient (Wildman–Crippen LogP) is 3.61. The molecule has 3 fully saturated rings. The number of hydrogen-bond acceptors (Lipinski definition) is 4. The van der Waals surface area contributed by atoms with Crippen LogP contribution in [0.15, 0.2) is 4.52 Å². The van der Waals surface area contributed by atoms with Crippen LogP contribution in [0.25, 0.3) is 0 Å². The molecular formula is C17H27N3O. The Bertz CT molecular complexity index is 466. The van der Waals surface area contributed by atoms with Crippen molar-refractivity contribution in [2.75, 3.05) is 13.1 Å². The maximum Gasteiger partial charge on any atom is 0.229 e. The maximum absolute atomic E-state index is 5.65. The highest BCUT2D eigenvalue weighted by Gasteiger charge is 2.35. The van der Waals surface area contributed by atoms with E-state index in [4.69, 9.17) is 9.51 Å². The standard InChI is InChI=1S/C17H27N3O/c1-2-5-13-10-14(8-7-12(13)4-1)17-19-16(20-21-17)15-6-3-9-18-11-15/h12-15,18H,1-11H2. The minimum Gasteiger partial charge on any atom is -0.339 e. The van der Waals surface area contributed by atoms with Crippen molar-refractivity contribution in [3.63, 3.8) is 0 Å². The quantitative estimate of drug-likeness (QED) is 0.903. The average molecular weight is 289 g/mol. The Balaban J connectivity index is 1.43. The van der Waals surface area contributed by atoms with E-state index < -0.39 is 0 Å². The molecule has 0 amide bonds. The second-order valence-electron chi connectivity index (χ2n) is 7.35. The van der Waals surface area contributed by atoms with Gasteiger partial charge in [0.1, 0.15) is 0 Å². The van der Waals surface area contributed by atoms with Crippen molar-refractivity contribution < 1.29 is 4.52 Å². The number of piperidine rings is 1. The highest BCUT2D eigenvalue weighted by Crippen LogP contribution is 2.45. The van der Waals surface area contributed by atoms with Crippen molar-refractivity contribution >= 4 is 0 Å². The molecule has 4 unspecified atom stereocenters. The Kier molecular flexibility index (Phi) is 3.97. The van der Waals surface area contributed by atoms with E-state index in [1.54, 1.807) is 0 Å².